The van der Waals surface area contributed by atoms with Gasteiger partial charge >= 0.3 is 0 Å². The molecule has 5 nitrogen and oxygen atoms in total. The molecule has 0 spiro atoms. The van der Waals surface area contributed by atoms with Crippen LogP contribution in [0.4, 0.5) is 5.69 Å². The zero-order chi connectivity index (χ0) is 18.6. The van der Waals surface area contributed by atoms with E-state index in [9.17, 15) is 0 Å². The van der Waals surface area contributed by atoms with Crippen LogP contribution in [-0.4, -0.2) is 37.5 Å². The number of anilines is 1. The molecule has 0 unspecified atom stereocenters. The second-order valence-electron chi connectivity index (χ2n) is 7.10. The Bertz CT molecular complexity index is 914. The lowest BCUT2D eigenvalue weighted by atomic mass is 9.91. The van der Waals surface area contributed by atoms with Gasteiger partial charge in [0.15, 0.2) is 11.5 Å². The van der Waals surface area contributed by atoms with Crippen LogP contribution in [0, 0.1) is 5.92 Å². The predicted molar refractivity (Wildman–Crippen MR) is 108 cm³/mol. The maximum Gasteiger partial charge on any atom is 0.162 e. The van der Waals surface area contributed by atoms with E-state index in [1.807, 2.05) is 18.3 Å². The average molecular weight is 363 g/mol. The highest BCUT2D eigenvalue weighted by molar-refractivity contribution is 5.93. The van der Waals surface area contributed by atoms with E-state index in [0.717, 1.165) is 41.9 Å². The van der Waals surface area contributed by atoms with Crippen molar-refractivity contribution < 1.29 is 9.47 Å². The Morgan fingerprint density at radius 2 is 1.85 bits per heavy atom. The van der Waals surface area contributed by atoms with Gasteiger partial charge in [0.1, 0.15) is 0 Å². The summed E-state index contributed by atoms with van der Waals surface area (Å²) in [5, 5.41) is 9.59. The molecule has 1 saturated heterocycles. The molecule has 27 heavy (non-hydrogen) atoms. The lowest BCUT2D eigenvalue weighted by Crippen LogP contribution is -2.36. The third-order valence-corrected chi connectivity index (χ3v) is 5.35. The predicted octanol–water partition coefficient (Wildman–Crippen LogP) is 4.11. The Balaban J connectivity index is 1.63. The Kier molecular flexibility index (Phi) is 5.10. The smallest absolute Gasteiger partial charge is 0.162 e. The minimum atomic E-state index is 0.643. The molecular weight excluding hydrogens is 338 g/mol. The first-order valence-electron chi connectivity index (χ1n) is 9.44. The van der Waals surface area contributed by atoms with Gasteiger partial charge in [-0.2, -0.15) is 10.2 Å². The quantitative estimate of drug-likeness (QED) is 0.683. The first-order valence-corrected chi connectivity index (χ1v) is 9.44. The van der Waals surface area contributed by atoms with E-state index >= 15 is 0 Å². The normalized spacial score (nSPS) is 17.1. The summed E-state index contributed by atoms with van der Waals surface area (Å²) in [7, 11) is 3.30. The van der Waals surface area contributed by atoms with Crippen molar-refractivity contribution in [3.63, 3.8) is 0 Å². The number of rotatable bonds is 5. The van der Waals surface area contributed by atoms with Crippen LogP contribution in [0.25, 0.3) is 10.9 Å². The van der Waals surface area contributed by atoms with E-state index in [1.54, 1.807) is 14.2 Å². The third-order valence-electron chi connectivity index (χ3n) is 5.35. The van der Waals surface area contributed by atoms with Gasteiger partial charge in [0.05, 0.1) is 31.6 Å². The lowest BCUT2D eigenvalue weighted by Gasteiger charge is -2.35. The molecule has 0 N–H and O–H groups in total. The van der Waals surface area contributed by atoms with Gasteiger partial charge in [-0.15, -0.1) is 0 Å². The number of hydrogen-bond donors (Lipinski definition) is 0. The molecule has 1 aliphatic rings. The maximum atomic E-state index is 5.50. The molecule has 0 bridgehead atoms. The van der Waals surface area contributed by atoms with E-state index < -0.39 is 0 Å². The molecule has 1 aromatic heterocycles. The molecule has 5 heteroatoms. The molecule has 1 fully saturated rings. The minimum Gasteiger partial charge on any atom is -0.493 e. The number of methoxy groups -OCH3 is 2. The molecule has 3 aromatic rings. The van der Waals surface area contributed by atoms with Crippen LogP contribution in [0.15, 0.2) is 48.7 Å². The van der Waals surface area contributed by atoms with Crippen LogP contribution < -0.4 is 14.4 Å². The fourth-order valence-corrected chi connectivity index (χ4v) is 4.02. The van der Waals surface area contributed by atoms with Gasteiger partial charge in [-0.05, 0) is 36.8 Å². The van der Waals surface area contributed by atoms with Crippen LogP contribution in [0.5, 0.6) is 11.5 Å². The largest absolute Gasteiger partial charge is 0.493 e. The second-order valence-corrected chi connectivity index (χ2v) is 7.10. The number of fused-ring (bicyclic) bond motifs is 1. The Morgan fingerprint density at radius 3 is 2.63 bits per heavy atom. The van der Waals surface area contributed by atoms with E-state index in [0.29, 0.717) is 11.7 Å². The van der Waals surface area contributed by atoms with Crippen LogP contribution in [-0.2, 0) is 6.42 Å². The molecular formula is C22H25N3O2. The first-order chi connectivity index (χ1) is 13.3. The minimum absolute atomic E-state index is 0.643. The summed E-state index contributed by atoms with van der Waals surface area (Å²) in [6, 6.07) is 14.7. The van der Waals surface area contributed by atoms with Crippen molar-refractivity contribution in [2.45, 2.75) is 19.3 Å². The summed E-state index contributed by atoms with van der Waals surface area (Å²) >= 11 is 0. The van der Waals surface area contributed by atoms with Gasteiger partial charge in [-0.3, -0.25) is 0 Å². The van der Waals surface area contributed by atoms with Gasteiger partial charge in [-0.25, -0.2) is 0 Å². The van der Waals surface area contributed by atoms with Crippen molar-refractivity contribution in [1.29, 1.82) is 0 Å². The number of aromatic nitrogens is 2. The summed E-state index contributed by atoms with van der Waals surface area (Å²) in [5.41, 5.74) is 3.36. The maximum absolute atomic E-state index is 5.50. The highest BCUT2D eigenvalue weighted by atomic mass is 16.5. The van der Waals surface area contributed by atoms with Crippen molar-refractivity contribution in [3.05, 3.63) is 54.2 Å². The zero-order valence-corrected chi connectivity index (χ0v) is 15.9. The molecule has 1 aliphatic heterocycles. The monoisotopic (exact) mass is 363 g/mol. The van der Waals surface area contributed by atoms with Crippen LogP contribution in [0.2, 0.25) is 0 Å². The summed E-state index contributed by atoms with van der Waals surface area (Å²) in [5.74, 6) is 2.04. The second kappa shape index (κ2) is 7.82. The molecule has 1 atom stereocenters. The molecule has 2 heterocycles. The summed E-state index contributed by atoms with van der Waals surface area (Å²) in [6.45, 7) is 2.07. The standard InChI is InChI=1S/C22H25N3O2/c1-26-21-12-18-19(13-22(21)27-2)24-23-14-20(18)25-10-6-9-17(15-25)11-16-7-4-3-5-8-16/h3-5,7-8,12-14,17H,6,9-11,15H2,1-2H3/t17-/m0/s1. The zero-order valence-electron chi connectivity index (χ0n) is 15.9. The van der Waals surface area contributed by atoms with Crippen molar-refractivity contribution in [2.24, 2.45) is 5.92 Å². The van der Waals surface area contributed by atoms with Crippen molar-refractivity contribution in [1.82, 2.24) is 10.2 Å². The number of piperidine rings is 1. The molecule has 0 amide bonds. The van der Waals surface area contributed by atoms with Crippen LogP contribution in [0.1, 0.15) is 18.4 Å². The lowest BCUT2D eigenvalue weighted by molar-refractivity contribution is 0.355. The fourth-order valence-electron chi connectivity index (χ4n) is 4.02. The molecule has 2 aromatic carbocycles. The van der Waals surface area contributed by atoms with Gasteiger partial charge in [0.25, 0.3) is 0 Å². The molecule has 0 radical (unpaired) electrons. The molecule has 0 aliphatic carbocycles. The van der Waals surface area contributed by atoms with Crippen molar-refractivity contribution in [2.75, 3.05) is 32.2 Å². The first kappa shape index (κ1) is 17.6. The fraction of sp³-hybridized carbons (Fsp3) is 0.364. The van der Waals surface area contributed by atoms with Gasteiger partial charge in [-0.1, -0.05) is 30.3 Å². The van der Waals surface area contributed by atoms with Crippen molar-refractivity contribution in [3.8, 4) is 11.5 Å². The molecule has 4 rings (SSSR count). The Labute approximate surface area is 159 Å². The van der Waals surface area contributed by atoms with E-state index in [-0.39, 0.29) is 0 Å². The average Bonchev–Trinajstić information content (AvgIpc) is 2.73. The number of hydrogen-bond acceptors (Lipinski definition) is 5. The number of nitrogens with zero attached hydrogens (tertiary/aromatic N) is 3. The highest BCUT2D eigenvalue weighted by Crippen LogP contribution is 2.36. The summed E-state index contributed by atoms with van der Waals surface area (Å²) < 4.78 is 10.9. The number of ether oxygens (including phenoxy) is 2. The third kappa shape index (κ3) is 3.68. The number of benzene rings is 2. The van der Waals surface area contributed by atoms with E-state index in [1.165, 1.54) is 18.4 Å². The summed E-state index contributed by atoms with van der Waals surface area (Å²) in [6.07, 6.45) is 5.44. The highest BCUT2D eigenvalue weighted by Gasteiger charge is 2.23. The Hall–Kier alpha value is -2.82. The van der Waals surface area contributed by atoms with Gasteiger partial charge in [0, 0.05) is 24.5 Å². The topological polar surface area (TPSA) is 47.5 Å². The molecule has 0 saturated carbocycles. The van der Waals surface area contributed by atoms with Crippen LogP contribution in [0.3, 0.4) is 0 Å². The molecule has 140 valence electrons. The SMILES string of the molecule is COc1cc2nncc(N3CCC[C@@H](Cc4ccccc4)C3)c2cc1OC. The van der Waals surface area contributed by atoms with Gasteiger partial charge < -0.3 is 14.4 Å². The Morgan fingerprint density at radius 1 is 1.07 bits per heavy atom. The van der Waals surface area contributed by atoms with Crippen LogP contribution >= 0.6 is 0 Å². The van der Waals surface area contributed by atoms with E-state index in [2.05, 4.69) is 45.4 Å². The van der Waals surface area contributed by atoms with Gasteiger partial charge in [0.2, 0.25) is 0 Å². The van der Waals surface area contributed by atoms with Crippen molar-refractivity contribution >= 4 is 16.6 Å². The summed E-state index contributed by atoms with van der Waals surface area (Å²) in [4.78, 5) is 2.44. The van der Waals surface area contributed by atoms with E-state index in [4.69, 9.17) is 9.47 Å².